The Morgan fingerprint density at radius 3 is 2.53 bits per heavy atom. The molecule has 8 nitrogen and oxygen atoms in total. The molecule has 0 fully saturated rings. The molecule has 1 aliphatic rings. The lowest BCUT2D eigenvalue weighted by Gasteiger charge is -2.04. The summed E-state index contributed by atoms with van der Waals surface area (Å²) < 4.78 is 10.5. The van der Waals surface area contributed by atoms with Crippen molar-refractivity contribution in [2.24, 2.45) is 4.99 Å². The molecular weight excluding hydrogens is 436 g/mol. The van der Waals surface area contributed by atoms with Gasteiger partial charge in [0.1, 0.15) is 5.75 Å². The van der Waals surface area contributed by atoms with Gasteiger partial charge in [-0.1, -0.05) is 35.9 Å². The van der Waals surface area contributed by atoms with E-state index in [2.05, 4.69) is 4.99 Å². The average molecular weight is 449 g/mol. The van der Waals surface area contributed by atoms with Crippen molar-refractivity contribution in [2.75, 3.05) is 0 Å². The summed E-state index contributed by atoms with van der Waals surface area (Å²) in [6.07, 6.45) is 1.53. The van der Waals surface area contributed by atoms with Crippen molar-refractivity contribution < 1.29 is 24.0 Å². The van der Waals surface area contributed by atoms with E-state index in [0.29, 0.717) is 16.1 Å². The first-order valence-electron chi connectivity index (χ1n) is 9.24. The van der Waals surface area contributed by atoms with Gasteiger partial charge in [-0.25, -0.2) is 14.6 Å². The number of nitro groups is 1. The van der Waals surface area contributed by atoms with Crippen LogP contribution in [-0.4, -0.2) is 22.8 Å². The highest BCUT2D eigenvalue weighted by molar-refractivity contribution is 6.31. The Morgan fingerprint density at radius 1 is 1.06 bits per heavy atom. The van der Waals surface area contributed by atoms with E-state index in [1.807, 2.05) is 0 Å². The second-order valence-corrected chi connectivity index (χ2v) is 7.05. The van der Waals surface area contributed by atoms with Crippen LogP contribution in [0.3, 0.4) is 0 Å². The molecule has 1 aliphatic heterocycles. The van der Waals surface area contributed by atoms with Gasteiger partial charge in [0.15, 0.2) is 5.70 Å². The number of esters is 2. The second kappa shape index (κ2) is 8.83. The van der Waals surface area contributed by atoms with Crippen molar-refractivity contribution in [2.45, 2.75) is 0 Å². The van der Waals surface area contributed by atoms with Crippen LogP contribution in [0.25, 0.3) is 6.08 Å². The van der Waals surface area contributed by atoms with E-state index in [9.17, 15) is 19.7 Å². The molecule has 32 heavy (non-hydrogen) atoms. The van der Waals surface area contributed by atoms with Crippen LogP contribution in [0.5, 0.6) is 5.75 Å². The predicted molar refractivity (Wildman–Crippen MR) is 117 cm³/mol. The van der Waals surface area contributed by atoms with Crippen LogP contribution < -0.4 is 4.74 Å². The van der Waals surface area contributed by atoms with E-state index in [1.54, 1.807) is 36.4 Å². The lowest BCUT2D eigenvalue weighted by molar-refractivity contribution is -0.384. The quantitative estimate of drug-likeness (QED) is 0.182. The zero-order valence-electron chi connectivity index (χ0n) is 16.2. The van der Waals surface area contributed by atoms with Crippen molar-refractivity contribution in [3.8, 4) is 5.75 Å². The normalized spacial score (nSPS) is 14.1. The maximum absolute atomic E-state index is 12.2. The summed E-state index contributed by atoms with van der Waals surface area (Å²) in [5.41, 5.74) is 1.17. The van der Waals surface area contributed by atoms with Crippen molar-refractivity contribution in [1.29, 1.82) is 0 Å². The molecule has 0 saturated carbocycles. The molecule has 1 heterocycles. The maximum Gasteiger partial charge on any atom is 0.363 e. The van der Waals surface area contributed by atoms with Crippen LogP contribution in [0.2, 0.25) is 5.02 Å². The van der Waals surface area contributed by atoms with Gasteiger partial charge in [-0.3, -0.25) is 10.1 Å². The number of carbonyl (C=O) groups excluding carboxylic acids is 2. The van der Waals surface area contributed by atoms with E-state index in [4.69, 9.17) is 21.1 Å². The van der Waals surface area contributed by atoms with Crippen molar-refractivity contribution in [3.05, 3.63) is 110 Å². The van der Waals surface area contributed by atoms with E-state index < -0.39 is 16.9 Å². The van der Waals surface area contributed by atoms with Gasteiger partial charge in [-0.15, -0.1) is 0 Å². The molecule has 0 radical (unpaired) electrons. The Kier molecular flexibility index (Phi) is 5.78. The Hall–Kier alpha value is -4.30. The third kappa shape index (κ3) is 4.71. The molecule has 3 aromatic carbocycles. The van der Waals surface area contributed by atoms with Gasteiger partial charge in [-0.2, -0.15) is 0 Å². The van der Waals surface area contributed by atoms with Gasteiger partial charge in [0.2, 0.25) is 5.90 Å². The van der Waals surface area contributed by atoms with Crippen LogP contribution in [0.1, 0.15) is 21.5 Å². The first kappa shape index (κ1) is 21.0. The summed E-state index contributed by atoms with van der Waals surface area (Å²) in [6, 6.07) is 18.4. The third-order valence-corrected chi connectivity index (χ3v) is 4.61. The number of nitro benzene ring substituents is 1. The van der Waals surface area contributed by atoms with E-state index in [-0.39, 0.29) is 28.6 Å². The third-order valence-electron chi connectivity index (χ3n) is 4.38. The van der Waals surface area contributed by atoms with E-state index in [0.717, 1.165) is 6.07 Å². The number of hydrogen-bond acceptors (Lipinski definition) is 7. The Bertz CT molecular complexity index is 1300. The fourth-order valence-electron chi connectivity index (χ4n) is 2.86. The van der Waals surface area contributed by atoms with Crippen LogP contribution in [0.15, 0.2) is 83.5 Å². The number of ether oxygens (including phenoxy) is 2. The monoisotopic (exact) mass is 448 g/mol. The lowest BCUT2D eigenvalue weighted by Crippen LogP contribution is -2.08. The predicted octanol–water partition coefficient (Wildman–Crippen LogP) is 4.81. The first-order valence-corrected chi connectivity index (χ1v) is 9.62. The molecule has 0 N–H and O–H groups in total. The molecule has 9 heteroatoms. The zero-order valence-corrected chi connectivity index (χ0v) is 17.0. The number of hydrogen-bond donors (Lipinski definition) is 0. The largest absolute Gasteiger partial charge is 0.423 e. The van der Waals surface area contributed by atoms with Crippen molar-refractivity contribution in [3.63, 3.8) is 0 Å². The van der Waals surface area contributed by atoms with Gasteiger partial charge < -0.3 is 9.47 Å². The first-order chi connectivity index (χ1) is 15.4. The van der Waals surface area contributed by atoms with Gasteiger partial charge in [0, 0.05) is 22.7 Å². The Balaban J connectivity index is 1.48. The summed E-state index contributed by atoms with van der Waals surface area (Å²) in [6.45, 7) is 0. The average Bonchev–Trinajstić information content (AvgIpc) is 3.15. The van der Waals surface area contributed by atoms with Crippen LogP contribution >= 0.6 is 11.6 Å². The standard InChI is InChI=1S/C23H13ClN2O6/c24-17-5-1-3-15(12-17)21-25-20(23(28)32-21)11-14-7-9-19(10-8-14)31-22(27)16-4-2-6-18(13-16)26(29)30/h1-13H/b20-11+. The van der Waals surface area contributed by atoms with Crippen molar-refractivity contribution >= 4 is 41.2 Å². The SMILES string of the molecule is O=C1OC(c2cccc(Cl)c2)=N/C1=C/c1ccc(OC(=O)c2cccc([N+](=O)[O-])c2)cc1. The van der Waals surface area contributed by atoms with Crippen LogP contribution in [-0.2, 0) is 9.53 Å². The summed E-state index contributed by atoms with van der Waals surface area (Å²) in [4.78, 5) is 38.9. The Labute approximate surface area is 186 Å². The smallest absolute Gasteiger partial charge is 0.363 e. The van der Waals surface area contributed by atoms with E-state index in [1.165, 1.54) is 36.4 Å². The molecule has 0 spiro atoms. The van der Waals surface area contributed by atoms with Crippen LogP contribution in [0.4, 0.5) is 5.69 Å². The lowest BCUT2D eigenvalue weighted by atomic mass is 10.2. The topological polar surface area (TPSA) is 108 Å². The Morgan fingerprint density at radius 2 is 1.81 bits per heavy atom. The number of cyclic esters (lactones) is 1. The molecule has 3 aromatic rings. The number of aliphatic imine (C=N–C) groups is 1. The molecule has 0 atom stereocenters. The molecule has 0 aliphatic carbocycles. The van der Waals surface area contributed by atoms with Crippen LogP contribution in [0, 0.1) is 10.1 Å². The number of halogens is 1. The molecule has 0 saturated heterocycles. The number of benzene rings is 3. The minimum Gasteiger partial charge on any atom is -0.423 e. The number of nitrogens with zero attached hydrogens (tertiary/aromatic N) is 2. The highest BCUT2D eigenvalue weighted by Gasteiger charge is 2.24. The molecule has 0 bridgehead atoms. The van der Waals surface area contributed by atoms with Gasteiger partial charge >= 0.3 is 11.9 Å². The van der Waals surface area contributed by atoms with Crippen molar-refractivity contribution in [1.82, 2.24) is 0 Å². The molecule has 158 valence electrons. The fourth-order valence-corrected chi connectivity index (χ4v) is 3.05. The number of carbonyl (C=O) groups is 2. The fraction of sp³-hybridized carbons (Fsp3) is 0. The highest BCUT2D eigenvalue weighted by atomic mass is 35.5. The molecule has 4 rings (SSSR count). The van der Waals surface area contributed by atoms with Gasteiger partial charge in [0.25, 0.3) is 5.69 Å². The van der Waals surface area contributed by atoms with Gasteiger partial charge in [0.05, 0.1) is 10.5 Å². The number of non-ortho nitro benzene ring substituents is 1. The molecule has 0 amide bonds. The maximum atomic E-state index is 12.2. The van der Waals surface area contributed by atoms with E-state index >= 15 is 0 Å². The molecule has 0 aromatic heterocycles. The summed E-state index contributed by atoms with van der Waals surface area (Å²) in [5, 5.41) is 11.3. The van der Waals surface area contributed by atoms with Gasteiger partial charge in [-0.05, 0) is 48.0 Å². The zero-order chi connectivity index (χ0) is 22.7. The second-order valence-electron chi connectivity index (χ2n) is 6.61. The number of rotatable bonds is 5. The summed E-state index contributed by atoms with van der Waals surface area (Å²) in [5.74, 6) is -0.928. The molecular formula is C23H13ClN2O6. The summed E-state index contributed by atoms with van der Waals surface area (Å²) in [7, 11) is 0. The molecule has 0 unspecified atom stereocenters. The minimum atomic E-state index is -0.727. The summed E-state index contributed by atoms with van der Waals surface area (Å²) >= 11 is 5.96. The highest BCUT2D eigenvalue weighted by Crippen LogP contribution is 2.22. The minimum absolute atomic E-state index is 0.0574.